The van der Waals surface area contributed by atoms with Gasteiger partial charge < -0.3 is 19.4 Å². The lowest BCUT2D eigenvalue weighted by Gasteiger charge is -2.41. The van der Waals surface area contributed by atoms with Crippen LogP contribution in [0.5, 0.6) is 0 Å². The van der Waals surface area contributed by atoms with E-state index in [1.807, 2.05) is 18.4 Å². The molecular weight excluding hydrogens is 675 g/mol. The van der Waals surface area contributed by atoms with E-state index in [-0.39, 0.29) is 17.8 Å². The minimum Gasteiger partial charge on any atom is -0.466 e. The molecule has 13 heteroatoms. The number of carbonyl (C=O) groups excluding carboxylic acids is 2. The van der Waals surface area contributed by atoms with Gasteiger partial charge in [-0.2, -0.15) is 0 Å². The van der Waals surface area contributed by atoms with E-state index in [1.54, 1.807) is 23.6 Å². The lowest BCUT2D eigenvalue weighted by molar-refractivity contribution is -0.148. The predicted octanol–water partition coefficient (Wildman–Crippen LogP) is 7.70. The molecular formula is C34H42Cl2N6O3S2. The van der Waals surface area contributed by atoms with Crippen LogP contribution >= 0.6 is 45.9 Å². The van der Waals surface area contributed by atoms with Gasteiger partial charge in [0.1, 0.15) is 16.5 Å². The summed E-state index contributed by atoms with van der Waals surface area (Å²) < 4.78 is 5.19. The fourth-order valence-electron chi connectivity index (χ4n) is 7.86. The Labute approximate surface area is 294 Å². The third-order valence-corrected chi connectivity index (χ3v) is 12.9. The van der Waals surface area contributed by atoms with Crippen LogP contribution in [-0.2, 0) is 9.53 Å². The number of pyridine rings is 1. The van der Waals surface area contributed by atoms with Crippen molar-refractivity contribution in [3.8, 4) is 10.6 Å². The van der Waals surface area contributed by atoms with Gasteiger partial charge in [0.15, 0.2) is 5.13 Å². The van der Waals surface area contributed by atoms with Crippen molar-refractivity contribution in [3.05, 3.63) is 39.3 Å². The molecule has 6 heterocycles. The number of esters is 1. The second kappa shape index (κ2) is 14.6. The molecule has 3 aromatic heterocycles. The molecule has 0 bridgehead atoms. The summed E-state index contributed by atoms with van der Waals surface area (Å²) >= 11 is 16.1. The number of nitrogens with one attached hydrogen (secondary N) is 1. The number of rotatable bonds is 8. The lowest BCUT2D eigenvalue weighted by atomic mass is 9.85. The van der Waals surface area contributed by atoms with Gasteiger partial charge in [-0.25, -0.2) is 9.97 Å². The zero-order chi connectivity index (χ0) is 32.5. The number of halogens is 2. The van der Waals surface area contributed by atoms with Gasteiger partial charge in [-0.3, -0.25) is 14.9 Å². The van der Waals surface area contributed by atoms with Crippen molar-refractivity contribution in [3.63, 3.8) is 0 Å². The smallest absolute Gasteiger partial charge is 0.309 e. The monoisotopic (exact) mass is 716 g/mol. The Hall–Kier alpha value is -2.44. The number of anilines is 3. The number of nitrogens with zero attached hydrogens (tertiary/aromatic N) is 5. The second-order valence-corrected chi connectivity index (χ2v) is 16.0. The minimum atomic E-state index is -0.304. The van der Waals surface area contributed by atoms with Crippen molar-refractivity contribution >= 4 is 73.7 Å². The highest BCUT2D eigenvalue weighted by atomic mass is 35.5. The largest absolute Gasteiger partial charge is 0.466 e. The van der Waals surface area contributed by atoms with Gasteiger partial charge in [0.05, 0.1) is 33.0 Å². The molecule has 2 unspecified atom stereocenters. The summed E-state index contributed by atoms with van der Waals surface area (Å²) in [5.74, 6) is 1.40. The zero-order valence-corrected chi connectivity index (χ0v) is 29.9. The maximum absolute atomic E-state index is 13.5. The van der Waals surface area contributed by atoms with Crippen LogP contribution in [-0.4, -0.2) is 78.7 Å². The highest BCUT2D eigenvalue weighted by Gasteiger charge is 2.40. The van der Waals surface area contributed by atoms with Crippen LogP contribution < -0.4 is 15.1 Å². The molecule has 0 aromatic carbocycles. The average Bonchev–Trinajstić information content (AvgIpc) is 3.83. The fourth-order valence-corrected chi connectivity index (χ4v) is 10.3. The van der Waals surface area contributed by atoms with Gasteiger partial charge in [-0.05, 0) is 69.5 Å². The number of thiophene rings is 1. The molecule has 252 valence electrons. The minimum absolute atomic E-state index is 0.103. The van der Waals surface area contributed by atoms with Crippen molar-refractivity contribution in [1.82, 2.24) is 14.9 Å². The Morgan fingerprint density at radius 3 is 2.49 bits per heavy atom. The third kappa shape index (κ3) is 7.29. The fraction of sp³-hybridized carbons (Fsp3) is 0.588. The molecule has 1 aliphatic carbocycles. The van der Waals surface area contributed by atoms with Crippen LogP contribution in [0, 0.1) is 17.8 Å². The highest BCUT2D eigenvalue weighted by Crippen LogP contribution is 2.45. The topological polar surface area (TPSA) is 90.9 Å². The summed E-state index contributed by atoms with van der Waals surface area (Å²) in [6.07, 6.45) is 11.0. The number of fused-ring (bicyclic) bond motifs is 1. The summed E-state index contributed by atoms with van der Waals surface area (Å²) in [7, 11) is 0. The van der Waals surface area contributed by atoms with Gasteiger partial charge >= 0.3 is 5.97 Å². The van der Waals surface area contributed by atoms with Crippen LogP contribution in [0.25, 0.3) is 10.6 Å². The molecule has 4 fully saturated rings. The Balaban J connectivity index is 1.04. The summed E-state index contributed by atoms with van der Waals surface area (Å²) in [6, 6.07) is 4.38. The molecule has 1 saturated carbocycles. The van der Waals surface area contributed by atoms with E-state index < -0.39 is 0 Å². The number of piperidine rings is 2. The first-order chi connectivity index (χ1) is 22.9. The molecule has 1 amide bonds. The Bertz CT molecular complexity index is 1590. The van der Waals surface area contributed by atoms with E-state index in [0.717, 1.165) is 34.7 Å². The van der Waals surface area contributed by atoms with Crippen LogP contribution in [0.4, 0.5) is 16.0 Å². The number of thiazole rings is 1. The quantitative estimate of drug-likeness (QED) is 0.237. The number of hydrogen-bond donors (Lipinski definition) is 1. The summed E-state index contributed by atoms with van der Waals surface area (Å²) in [4.78, 5) is 43.4. The Morgan fingerprint density at radius 2 is 1.77 bits per heavy atom. The van der Waals surface area contributed by atoms with Gasteiger partial charge in [-0.15, -0.1) is 11.3 Å². The Kier molecular flexibility index (Phi) is 10.3. The van der Waals surface area contributed by atoms with Crippen LogP contribution in [0.2, 0.25) is 10.0 Å². The maximum Gasteiger partial charge on any atom is 0.309 e. The van der Waals surface area contributed by atoms with E-state index in [2.05, 4.69) is 25.0 Å². The Morgan fingerprint density at radius 1 is 0.979 bits per heavy atom. The van der Waals surface area contributed by atoms with Gasteiger partial charge in [0, 0.05) is 50.3 Å². The number of carbonyl (C=O) groups is 2. The van der Waals surface area contributed by atoms with Crippen molar-refractivity contribution in [2.24, 2.45) is 17.8 Å². The van der Waals surface area contributed by atoms with Crippen LogP contribution in [0.15, 0.2) is 23.7 Å². The number of amides is 1. The lowest BCUT2D eigenvalue weighted by Crippen LogP contribution is -2.46. The molecule has 0 radical (unpaired) electrons. The van der Waals surface area contributed by atoms with E-state index in [0.29, 0.717) is 70.9 Å². The van der Waals surface area contributed by atoms with E-state index in [1.165, 1.54) is 63.0 Å². The molecule has 3 saturated heterocycles. The molecule has 7 rings (SSSR count). The summed E-state index contributed by atoms with van der Waals surface area (Å²) in [5, 5.41) is 7.70. The molecule has 2 atom stereocenters. The van der Waals surface area contributed by atoms with E-state index in [4.69, 9.17) is 32.9 Å². The predicted molar refractivity (Wildman–Crippen MR) is 191 cm³/mol. The van der Waals surface area contributed by atoms with Gasteiger partial charge in [0.2, 0.25) is 0 Å². The number of aromatic nitrogens is 2. The standard InChI is InChI=1S/C34H42Cl2N6O3S2/c1-2-45-33(44)21-8-11-40(12-9-21)30-27(36)14-23(16-37-30)31(43)39-34-38-29(28-15-25(35)20-46-28)32(47-34)42-17-22-10-13-41(18-24(22)19-42)26-6-4-3-5-7-26/h14-16,20-22,24,26H,2-13,17-19H2,1H3,(H,38,39,43). The molecule has 4 aliphatic rings. The number of hydrogen-bond acceptors (Lipinski definition) is 10. The zero-order valence-electron chi connectivity index (χ0n) is 26.8. The van der Waals surface area contributed by atoms with E-state index >= 15 is 0 Å². The molecule has 1 N–H and O–H groups in total. The third-order valence-electron chi connectivity index (χ3n) is 10.3. The van der Waals surface area contributed by atoms with E-state index in [9.17, 15) is 9.59 Å². The molecule has 0 spiro atoms. The number of ether oxygens (including phenoxy) is 1. The first-order valence-corrected chi connectivity index (χ1v) is 19.4. The molecule has 3 aliphatic heterocycles. The normalized spacial score (nSPS) is 22.8. The SMILES string of the molecule is CCOC(=O)C1CCN(c2ncc(C(=O)Nc3nc(-c4cc(Cl)cs4)c(N4CC5CCN(C6CCCCC6)CC5C4)s3)cc2Cl)CC1. The molecule has 9 nitrogen and oxygen atoms in total. The second-order valence-electron chi connectivity index (χ2n) is 13.3. The average molecular weight is 718 g/mol. The van der Waals surface area contributed by atoms with Crippen LogP contribution in [0.3, 0.4) is 0 Å². The molecule has 3 aromatic rings. The molecule has 47 heavy (non-hydrogen) atoms. The first-order valence-electron chi connectivity index (χ1n) is 17.0. The van der Waals surface area contributed by atoms with Gasteiger partial charge in [-0.1, -0.05) is 53.8 Å². The van der Waals surface area contributed by atoms with Crippen molar-refractivity contribution < 1.29 is 14.3 Å². The maximum atomic E-state index is 13.5. The first kappa shape index (κ1) is 33.1. The van der Waals surface area contributed by atoms with Crippen LogP contribution in [0.1, 0.15) is 68.6 Å². The number of likely N-dealkylation sites (tertiary alicyclic amines) is 1. The summed E-state index contributed by atoms with van der Waals surface area (Å²) in [5.41, 5.74) is 1.25. The van der Waals surface area contributed by atoms with Gasteiger partial charge in [0.25, 0.3) is 5.91 Å². The van der Waals surface area contributed by atoms with Crippen molar-refractivity contribution in [2.75, 3.05) is 61.0 Å². The summed E-state index contributed by atoms with van der Waals surface area (Å²) in [6.45, 7) is 7.92. The highest BCUT2D eigenvalue weighted by molar-refractivity contribution is 7.21. The van der Waals surface area contributed by atoms with Crippen molar-refractivity contribution in [2.45, 2.75) is 64.3 Å². The van der Waals surface area contributed by atoms with Crippen molar-refractivity contribution in [1.29, 1.82) is 0 Å².